The van der Waals surface area contributed by atoms with E-state index in [2.05, 4.69) is 5.32 Å². The average Bonchev–Trinajstić information content (AvgIpc) is 2.40. The van der Waals surface area contributed by atoms with E-state index in [4.69, 9.17) is 0 Å². The molecule has 0 saturated carbocycles. The van der Waals surface area contributed by atoms with Crippen molar-refractivity contribution in [3.8, 4) is 0 Å². The van der Waals surface area contributed by atoms with E-state index in [1.807, 2.05) is 42.2 Å². The molecule has 0 aromatic heterocycles. The van der Waals surface area contributed by atoms with E-state index >= 15 is 0 Å². The van der Waals surface area contributed by atoms with Crippen LogP contribution in [0.2, 0.25) is 0 Å². The normalized spacial score (nSPS) is 23.8. The highest BCUT2D eigenvalue weighted by Gasteiger charge is 2.26. The van der Waals surface area contributed by atoms with Crippen LogP contribution in [0.1, 0.15) is 13.3 Å². The molecule has 18 heavy (non-hydrogen) atoms. The maximum absolute atomic E-state index is 12.0. The summed E-state index contributed by atoms with van der Waals surface area (Å²) in [6.07, 6.45) is 0.411. The summed E-state index contributed by atoms with van der Waals surface area (Å²) >= 11 is 0. The molecule has 0 radical (unpaired) electrons. The third-order valence-electron chi connectivity index (χ3n) is 3.43. The van der Waals surface area contributed by atoms with Crippen LogP contribution in [0.5, 0.6) is 0 Å². The number of rotatable bonds is 3. The fourth-order valence-electron chi connectivity index (χ4n) is 2.21. The molecule has 2 atom stereocenters. The minimum atomic E-state index is -0.267. The van der Waals surface area contributed by atoms with Crippen LogP contribution in [0.15, 0.2) is 30.3 Å². The summed E-state index contributed by atoms with van der Waals surface area (Å²) in [5.74, 6) is 0.261. The van der Waals surface area contributed by atoms with Crippen LogP contribution in [-0.2, 0) is 4.79 Å². The minimum Gasteiger partial charge on any atom is -0.393 e. The van der Waals surface area contributed by atoms with Crippen molar-refractivity contribution >= 4 is 11.6 Å². The molecule has 0 spiro atoms. The molecule has 1 aromatic carbocycles. The lowest BCUT2D eigenvalue weighted by Gasteiger charge is -2.34. The van der Waals surface area contributed by atoms with E-state index in [-0.39, 0.29) is 17.9 Å². The fraction of sp³-hybridized carbons (Fsp3) is 0.500. The zero-order chi connectivity index (χ0) is 13.0. The summed E-state index contributed by atoms with van der Waals surface area (Å²) < 4.78 is 0. The number of amides is 1. The van der Waals surface area contributed by atoms with Crippen LogP contribution < -0.4 is 5.32 Å². The van der Waals surface area contributed by atoms with Gasteiger partial charge in [0.25, 0.3) is 0 Å². The molecule has 2 unspecified atom stereocenters. The minimum absolute atomic E-state index is 0.0950. The summed E-state index contributed by atoms with van der Waals surface area (Å²) in [6.45, 7) is 3.60. The lowest BCUT2D eigenvalue weighted by molar-refractivity contribution is -0.132. The van der Waals surface area contributed by atoms with Gasteiger partial charge in [0.1, 0.15) is 0 Å². The van der Waals surface area contributed by atoms with Crippen molar-refractivity contribution in [1.82, 2.24) is 4.90 Å². The number of aliphatic hydroxyl groups excluding tert-OH is 1. The second-order valence-corrected chi connectivity index (χ2v) is 4.89. The van der Waals surface area contributed by atoms with Gasteiger partial charge in [-0.25, -0.2) is 0 Å². The number of carbonyl (C=O) groups is 1. The van der Waals surface area contributed by atoms with Crippen LogP contribution in [0, 0.1) is 5.92 Å². The highest BCUT2D eigenvalue weighted by Crippen LogP contribution is 2.16. The van der Waals surface area contributed by atoms with Gasteiger partial charge < -0.3 is 15.3 Å². The van der Waals surface area contributed by atoms with Crippen molar-refractivity contribution in [3.63, 3.8) is 0 Å². The number of aliphatic hydroxyl groups is 1. The van der Waals surface area contributed by atoms with Crippen LogP contribution in [-0.4, -0.2) is 41.7 Å². The van der Waals surface area contributed by atoms with Crippen LogP contribution in [0.3, 0.4) is 0 Å². The molecule has 0 aliphatic carbocycles. The SMILES string of the molecule is CC1CN(C(=O)CNc2ccccc2)CCC1O. The number of nitrogens with one attached hydrogen (secondary N) is 1. The Morgan fingerprint density at radius 3 is 2.83 bits per heavy atom. The van der Waals surface area contributed by atoms with Gasteiger partial charge in [0.15, 0.2) is 0 Å². The predicted octanol–water partition coefficient (Wildman–Crippen LogP) is 1.33. The van der Waals surface area contributed by atoms with Gasteiger partial charge in [-0.2, -0.15) is 0 Å². The van der Waals surface area contributed by atoms with E-state index in [1.54, 1.807) is 0 Å². The second kappa shape index (κ2) is 5.87. The maximum atomic E-state index is 12.0. The first-order valence-corrected chi connectivity index (χ1v) is 6.41. The number of hydrogen-bond acceptors (Lipinski definition) is 3. The third-order valence-corrected chi connectivity index (χ3v) is 3.43. The van der Waals surface area contributed by atoms with Gasteiger partial charge in [-0.05, 0) is 24.5 Å². The number of carbonyl (C=O) groups excluding carboxylic acids is 1. The smallest absolute Gasteiger partial charge is 0.241 e. The Balaban J connectivity index is 1.82. The molecular weight excluding hydrogens is 228 g/mol. The summed E-state index contributed by atoms with van der Waals surface area (Å²) in [7, 11) is 0. The lowest BCUT2D eigenvalue weighted by Crippen LogP contribution is -2.46. The molecule has 4 nitrogen and oxygen atoms in total. The fourth-order valence-corrected chi connectivity index (χ4v) is 2.21. The Bertz CT molecular complexity index is 394. The number of nitrogens with zero attached hydrogens (tertiary/aromatic N) is 1. The van der Waals surface area contributed by atoms with Gasteiger partial charge in [0.2, 0.25) is 5.91 Å². The van der Waals surface area contributed by atoms with Crippen molar-refractivity contribution in [2.24, 2.45) is 5.92 Å². The third kappa shape index (κ3) is 3.23. The lowest BCUT2D eigenvalue weighted by atomic mass is 9.97. The van der Waals surface area contributed by atoms with Crippen LogP contribution in [0.4, 0.5) is 5.69 Å². The molecule has 1 amide bonds. The molecule has 1 aromatic rings. The Kier molecular flexibility index (Phi) is 4.20. The average molecular weight is 248 g/mol. The first kappa shape index (κ1) is 12.9. The van der Waals surface area contributed by atoms with E-state index in [1.165, 1.54) is 0 Å². The molecule has 1 fully saturated rings. The van der Waals surface area contributed by atoms with Gasteiger partial charge in [-0.15, -0.1) is 0 Å². The standard InChI is InChI=1S/C14H20N2O2/c1-11-10-16(8-7-13(11)17)14(18)9-15-12-5-3-2-4-6-12/h2-6,11,13,15,17H,7-10H2,1H3. The molecule has 1 aliphatic rings. The Labute approximate surface area is 108 Å². The van der Waals surface area contributed by atoms with E-state index < -0.39 is 0 Å². The number of hydrogen-bond donors (Lipinski definition) is 2. The molecule has 1 saturated heterocycles. The van der Waals surface area contributed by atoms with Crippen molar-refractivity contribution in [2.45, 2.75) is 19.4 Å². The predicted molar refractivity (Wildman–Crippen MR) is 71.3 cm³/mol. The molecule has 1 heterocycles. The molecule has 2 rings (SSSR count). The zero-order valence-corrected chi connectivity index (χ0v) is 10.7. The van der Waals surface area contributed by atoms with Crippen molar-refractivity contribution in [3.05, 3.63) is 30.3 Å². The maximum Gasteiger partial charge on any atom is 0.241 e. The zero-order valence-electron chi connectivity index (χ0n) is 10.7. The first-order valence-electron chi connectivity index (χ1n) is 6.41. The summed E-state index contributed by atoms with van der Waals surface area (Å²) in [6, 6.07) is 9.70. The van der Waals surface area contributed by atoms with Crippen molar-refractivity contribution in [2.75, 3.05) is 25.0 Å². The van der Waals surface area contributed by atoms with Gasteiger partial charge in [0.05, 0.1) is 12.6 Å². The highest BCUT2D eigenvalue weighted by atomic mass is 16.3. The number of likely N-dealkylation sites (tertiary alicyclic amines) is 1. The van der Waals surface area contributed by atoms with Gasteiger partial charge >= 0.3 is 0 Å². The van der Waals surface area contributed by atoms with Gasteiger partial charge in [-0.3, -0.25) is 4.79 Å². The number of anilines is 1. The van der Waals surface area contributed by atoms with Gasteiger partial charge in [-0.1, -0.05) is 25.1 Å². The van der Waals surface area contributed by atoms with Crippen molar-refractivity contribution < 1.29 is 9.90 Å². The van der Waals surface area contributed by atoms with Crippen LogP contribution >= 0.6 is 0 Å². The molecule has 1 aliphatic heterocycles. The summed E-state index contributed by atoms with van der Waals surface area (Å²) in [5, 5.41) is 12.7. The molecule has 4 heteroatoms. The Hall–Kier alpha value is -1.55. The van der Waals surface area contributed by atoms with Crippen LogP contribution in [0.25, 0.3) is 0 Å². The highest BCUT2D eigenvalue weighted by molar-refractivity contribution is 5.81. The largest absolute Gasteiger partial charge is 0.393 e. The first-order chi connectivity index (χ1) is 8.66. The Morgan fingerprint density at radius 2 is 2.17 bits per heavy atom. The molecule has 2 N–H and O–H groups in total. The summed E-state index contributed by atoms with van der Waals surface area (Å²) in [4.78, 5) is 13.8. The number of para-hydroxylation sites is 1. The van der Waals surface area contributed by atoms with Crippen molar-refractivity contribution in [1.29, 1.82) is 0 Å². The topological polar surface area (TPSA) is 52.6 Å². The van der Waals surface area contributed by atoms with E-state index in [0.717, 1.165) is 5.69 Å². The van der Waals surface area contributed by atoms with E-state index in [9.17, 15) is 9.90 Å². The van der Waals surface area contributed by atoms with E-state index in [0.29, 0.717) is 26.1 Å². The number of piperidine rings is 1. The number of benzene rings is 1. The summed E-state index contributed by atoms with van der Waals surface area (Å²) in [5.41, 5.74) is 0.955. The van der Waals surface area contributed by atoms with Gasteiger partial charge in [0, 0.05) is 18.8 Å². The molecular formula is C14H20N2O2. The molecule has 0 bridgehead atoms. The second-order valence-electron chi connectivity index (χ2n) is 4.89. The monoisotopic (exact) mass is 248 g/mol. The quantitative estimate of drug-likeness (QED) is 0.848. The molecule has 98 valence electrons. The Morgan fingerprint density at radius 1 is 1.44 bits per heavy atom.